The predicted octanol–water partition coefficient (Wildman–Crippen LogP) is 1.92. The van der Waals surface area contributed by atoms with Gasteiger partial charge in [0.25, 0.3) is 0 Å². The van der Waals surface area contributed by atoms with E-state index in [2.05, 4.69) is 31.1 Å². The Balaban J connectivity index is 1.67. The van der Waals surface area contributed by atoms with E-state index in [0.717, 1.165) is 13.0 Å². The Morgan fingerprint density at radius 3 is 2.71 bits per heavy atom. The maximum atomic E-state index is 5.70. The van der Waals surface area contributed by atoms with Crippen LogP contribution in [-0.2, 0) is 16.1 Å². The van der Waals surface area contributed by atoms with Gasteiger partial charge in [0.2, 0.25) is 0 Å². The molecule has 1 aromatic carbocycles. The van der Waals surface area contributed by atoms with Crippen molar-refractivity contribution in [1.82, 2.24) is 4.90 Å². The van der Waals surface area contributed by atoms with Crippen LogP contribution in [-0.4, -0.2) is 44.4 Å². The third kappa shape index (κ3) is 3.80. The van der Waals surface area contributed by atoms with E-state index in [1.165, 1.54) is 5.56 Å². The van der Waals surface area contributed by atoms with Gasteiger partial charge in [-0.15, -0.1) is 0 Å². The molecule has 0 radical (unpaired) electrons. The number of benzene rings is 1. The van der Waals surface area contributed by atoms with E-state index < -0.39 is 0 Å². The van der Waals surface area contributed by atoms with Crippen molar-refractivity contribution in [1.29, 1.82) is 0 Å². The summed E-state index contributed by atoms with van der Waals surface area (Å²) in [7, 11) is 4.20. The quantitative estimate of drug-likeness (QED) is 0.778. The van der Waals surface area contributed by atoms with Crippen molar-refractivity contribution in [3.05, 3.63) is 35.9 Å². The zero-order valence-corrected chi connectivity index (χ0v) is 10.6. The van der Waals surface area contributed by atoms with Crippen LogP contribution in [0.5, 0.6) is 0 Å². The second kappa shape index (κ2) is 6.15. The fraction of sp³-hybridized carbons (Fsp3) is 0.571. The summed E-state index contributed by atoms with van der Waals surface area (Å²) in [6.07, 6.45) is 1.33. The van der Waals surface area contributed by atoms with Crippen LogP contribution < -0.4 is 0 Å². The van der Waals surface area contributed by atoms with Crippen molar-refractivity contribution in [2.24, 2.45) is 0 Å². The lowest BCUT2D eigenvalue weighted by Gasteiger charge is -2.16. The van der Waals surface area contributed by atoms with E-state index in [1.807, 2.05) is 18.2 Å². The first-order valence-electron chi connectivity index (χ1n) is 6.15. The Morgan fingerprint density at radius 2 is 2.06 bits per heavy atom. The van der Waals surface area contributed by atoms with Gasteiger partial charge in [-0.25, -0.2) is 0 Å². The Hall–Kier alpha value is -0.900. The van der Waals surface area contributed by atoms with Crippen molar-refractivity contribution in [2.75, 3.05) is 27.3 Å². The van der Waals surface area contributed by atoms with Gasteiger partial charge < -0.3 is 14.4 Å². The molecule has 1 saturated heterocycles. The molecule has 3 heteroatoms. The Labute approximate surface area is 103 Å². The number of rotatable bonds is 5. The first kappa shape index (κ1) is 12.6. The number of likely N-dealkylation sites (N-methyl/N-ethyl adjacent to an activating group) is 1. The van der Waals surface area contributed by atoms with Gasteiger partial charge in [0.05, 0.1) is 25.9 Å². The van der Waals surface area contributed by atoms with Gasteiger partial charge in [0.1, 0.15) is 0 Å². The molecule has 0 bridgehead atoms. The molecule has 1 fully saturated rings. The minimum atomic E-state index is 0.256. The fourth-order valence-corrected chi connectivity index (χ4v) is 2.05. The highest BCUT2D eigenvalue weighted by Crippen LogP contribution is 2.17. The Morgan fingerprint density at radius 1 is 1.29 bits per heavy atom. The van der Waals surface area contributed by atoms with E-state index in [0.29, 0.717) is 19.3 Å². The summed E-state index contributed by atoms with van der Waals surface area (Å²) in [4.78, 5) is 2.22. The zero-order valence-electron chi connectivity index (χ0n) is 10.6. The molecular weight excluding hydrogens is 214 g/mol. The van der Waals surface area contributed by atoms with Gasteiger partial charge in [-0.1, -0.05) is 30.3 Å². The van der Waals surface area contributed by atoms with E-state index in [-0.39, 0.29) is 6.10 Å². The predicted molar refractivity (Wildman–Crippen MR) is 67.9 cm³/mol. The van der Waals surface area contributed by atoms with E-state index >= 15 is 0 Å². The molecule has 0 saturated carbocycles. The molecule has 1 heterocycles. The van der Waals surface area contributed by atoms with Crippen LogP contribution in [0, 0.1) is 0 Å². The molecule has 0 N–H and O–H groups in total. The molecule has 0 aromatic heterocycles. The van der Waals surface area contributed by atoms with Crippen LogP contribution in [0.4, 0.5) is 0 Å². The SMILES string of the molecule is CN(C)C1COC(COCc2ccccc2)C1. The molecule has 17 heavy (non-hydrogen) atoms. The highest BCUT2D eigenvalue weighted by molar-refractivity contribution is 5.13. The average Bonchev–Trinajstić information content (AvgIpc) is 2.79. The van der Waals surface area contributed by atoms with Crippen molar-refractivity contribution in [3.8, 4) is 0 Å². The summed E-state index contributed by atoms with van der Waals surface area (Å²) < 4.78 is 11.4. The highest BCUT2D eigenvalue weighted by atomic mass is 16.5. The normalized spacial score (nSPS) is 24.4. The van der Waals surface area contributed by atoms with Crippen LogP contribution in [0.2, 0.25) is 0 Å². The molecule has 94 valence electrons. The molecule has 1 aliphatic rings. The first-order valence-corrected chi connectivity index (χ1v) is 6.15. The standard InChI is InChI=1S/C14H21NO2/c1-15(2)13-8-14(17-10-13)11-16-9-12-6-4-3-5-7-12/h3-7,13-14H,8-11H2,1-2H3. The molecule has 0 amide bonds. The van der Waals surface area contributed by atoms with Crippen LogP contribution in [0.25, 0.3) is 0 Å². The maximum absolute atomic E-state index is 5.70. The molecule has 3 nitrogen and oxygen atoms in total. The monoisotopic (exact) mass is 235 g/mol. The van der Waals surface area contributed by atoms with E-state index in [1.54, 1.807) is 0 Å². The summed E-state index contributed by atoms with van der Waals surface area (Å²) in [6.45, 7) is 2.19. The molecule has 2 atom stereocenters. The molecule has 2 rings (SSSR count). The third-order valence-corrected chi connectivity index (χ3v) is 3.20. The summed E-state index contributed by atoms with van der Waals surface area (Å²) in [6, 6.07) is 10.8. The van der Waals surface area contributed by atoms with Crippen LogP contribution >= 0.6 is 0 Å². The van der Waals surface area contributed by atoms with Gasteiger partial charge in [-0.3, -0.25) is 0 Å². The smallest absolute Gasteiger partial charge is 0.0825 e. The number of ether oxygens (including phenoxy) is 2. The maximum Gasteiger partial charge on any atom is 0.0825 e. The van der Waals surface area contributed by atoms with Crippen molar-refractivity contribution in [2.45, 2.75) is 25.2 Å². The third-order valence-electron chi connectivity index (χ3n) is 3.20. The lowest BCUT2D eigenvalue weighted by molar-refractivity contribution is 0.00968. The summed E-state index contributed by atoms with van der Waals surface area (Å²) in [5, 5.41) is 0. The summed E-state index contributed by atoms with van der Waals surface area (Å²) in [5.74, 6) is 0. The number of hydrogen-bond donors (Lipinski definition) is 0. The fourth-order valence-electron chi connectivity index (χ4n) is 2.05. The first-order chi connectivity index (χ1) is 8.25. The lowest BCUT2D eigenvalue weighted by Crippen LogP contribution is -2.28. The van der Waals surface area contributed by atoms with Crippen molar-refractivity contribution >= 4 is 0 Å². The van der Waals surface area contributed by atoms with Gasteiger partial charge in [0.15, 0.2) is 0 Å². The highest BCUT2D eigenvalue weighted by Gasteiger charge is 2.26. The minimum Gasteiger partial charge on any atom is -0.374 e. The van der Waals surface area contributed by atoms with Crippen molar-refractivity contribution in [3.63, 3.8) is 0 Å². The van der Waals surface area contributed by atoms with Gasteiger partial charge >= 0.3 is 0 Å². The Bertz CT molecular complexity index is 326. The largest absolute Gasteiger partial charge is 0.374 e. The van der Waals surface area contributed by atoms with Gasteiger partial charge in [-0.05, 0) is 26.1 Å². The van der Waals surface area contributed by atoms with Crippen LogP contribution in [0.3, 0.4) is 0 Å². The molecule has 1 aromatic rings. The second-order valence-corrected chi connectivity index (χ2v) is 4.81. The second-order valence-electron chi connectivity index (χ2n) is 4.81. The Kier molecular flexibility index (Phi) is 4.54. The molecule has 0 aliphatic carbocycles. The number of hydrogen-bond acceptors (Lipinski definition) is 3. The van der Waals surface area contributed by atoms with E-state index in [9.17, 15) is 0 Å². The van der Waals surface area contributed by atoms with Crippen LogP contribution in [0.15, 0.2) is 30.3 Å². The van der Waals surface area contributed by atoms with Crippen LogP contribution in [0.1, 0.15) is 12.0 Å². The lowest BCUT2D eigenvalue weighted by atomic mass is 10.2. The van der Waals surface area contributed by atoms with E-state index in [4.69, 9.17) is 9.47 Å². The summed E-state index contributed by atoms with van der Waals surface area (Å²) in [5.41, 5.74) is 1.22. The molecular formula is C14H21NO2. The molecule has 0 spiro atoms. The average molecular weight is 235 g/mol. The minimum absolute atomic E-state index is 0.256. The van der Waals surface area contributed by atoms with Gasteiger partial charge in [-0.2, -0.15) is 0 Å². The molecule has 1 aliphatic heterocycles. The molecule has 2 unspecified atom stereocenters. The topological polar surface area (TPSA) is 21.7 Å². The zero-order chi connectivity index (χ0) is 12.1. The van der Waals surface area contributed by atoms with Crippen molar-refractivity contribution < 1.29 is 9.47 Å². The number of nitrogens with zero attached hydrogens (tertiary/aromatic N) is 1. The van der Waals surface area contributed by atoms with Gasteiger partial charge in [0, 0.05) is 6.04 Å². The summed E-state index contributed by atoms with van der Waals surface area (Å²) >= 11 is 0.